The van der Waals surface area contributed by atoms with Gasteiger partial charge in [-0.15, -0.1) is 11.3 Å². The summed E-state index contributed by atoms with van der Waals surface area (Å²) in [5.41, 5.74) is 6.59. The van der Waals surface area contributed by atoms with Crippen LogP contribution in [0.2, 0.25) is 0 Å². The van der Waals surface area contributed by atoms with Crippen molar-refractivity contribution in [3.63, 3.8) is 0 Å². The lowest BCUT2D eigenvalue weighted by molar-refractivity contribution is -0.144. The molecule has 0 aliphatic heterocycles. The SMILES string of the molecule is NC(=O)NCCC[C@@H](CC(=O)Cc1csc(-c2ccccc2)n1)C(=O)O. The average Bonchev–Trinajstić information content (AvgIpc) is 3.06. The highest BCUT2D eigenvalue weighted by Crippen LogP contribution is 2.24. The van der Waals surface area contributed by atoms with Crippen LogP contribution in [-0.4, -0.2) is 34.4 Å². The second-order valence-corrected chi connectivity index (χ2v) is 6.76. The van der Waals surface area contributed by atoms with Gasteiger partial charge >= 0.3 is 12.0 Å². The van der Waals surface area contributed by atoms with Crippen molar-refractivity contribution < 1.29 is 19.5 Å². The lowest BCUT2D eigenvalue weighted by Gasteiger charge is -2.11. The van der Waals surface area contributed by atoms with Crippen molar-refractivity contribution in [3.8, 4) is 10.6 Å². The first-order chi connectivity index (χ1) is 12.5. The van der Waals surface area contributed by atoms with Crippen LogP contribution in [0.15, 0.2) is 35.7 Å². The van der Waals surface area contributed by atoms with Gasteiger partial charge in [-0.2, -0.15) is 0 Å². The third-order valence-corrected chi connectivity index (χ3v) is 4.74. The highest BCUT2D eigenvalue weighted by atomic mass is 32.1. The molecule has 26 heavy (non-hydrogen) atoms. The van der Waals surface area contributed by atoms with Gasteiger partial charge in [0.25, 0.3) is 0 Å². The fourth-order valence-corrected chi connectivity index (χ4v) is 3.35. The molecule has 0 fully saturated rings. The van der Waals surface area contributed by atoms with E-state index in [4.69, 9.17) is 5.73 Å². The Morgan fingerprint density at radius 3 is 2.62 bits per heavy atom. The number of nitrogens with two attached hydrogens (primary N) is 1. The molecule has 8 heteroatoms. The number of carboxylic acids is 1. The number of carbonyl (C=O) groups excluding carboxylic acids is 2. The van der Waals surface area contributed by atoms with Crippen LogP contribution in [0.1, 0.15) is 25.0 Å². The van der Waals surface area contributed by atoms with Gasteiger partial charge in [0.05, 0.1) is 11.6 Å². The van der Waals surface area contributed by atoms with Crippen LogP contribution >= 0.6 is 11.3 Å². The van der Waals surface area contributed by atoms with Crippen molar-refractivity contribution in [2.75, 3.05) is 6.54 Å². The fourth-order valence-electron chi connectivity index (χ4n) is 2.52. The molecule has 7 nitrogen and oxygen atoms in total. The van der Waals surface area contributed by atoms with Gasteiger partial charge in [0.1, 0.15) is 10.8 Å². The molecule has 1 atom stereocenters. The number of hydrogen-bond acceptors (Lipinski definition) is 5. The van der Waals surface area contributed by atoms with Crippen LogP contribution in [0.25, 0.3) is 10.6 Å². The molecule has 138 valence electrons. The zero-order chi connectivity index (χ0) is 18.9. The van der Waals surface area contributed by atoms with E-state index in [1.165, 1.54) is 11.3 Å². The Hall–Kier alpha value is -2.74. The van der Waals surface area contributed by atoms with E-state index in [0.29, 0.717) is 25.1 Å². The Bertz CT molecular complexity index is 761. The van der Waals surface area contributed by atoms with Gasteiger partial charge in [-0.25, -0.2) is 9.78 Å². The molecule has 2 rings (SSSR count). The predicted octanol–water partition coefficient (Wildman–Crippen LogP) is 2.46. The maximum absolute atomic E-state index is 12.2. The quantitative estimate of drug-likeness (QED) is 0.551. The molecule has 0 spiro atoms. The smallest absolute Gasteiger partial charge is 0.312 e. The molecule has 4 N–H and O–H groups in total. The van der Waals surface area contributed by atoms with Gasteiger partial charge in [-0.1, -0.05) is 30.3 Å². The van der Waals surface area contributed by atoms with Crippen LogP contribution in [0.5, 0.6) is 0 Å². The van der Waals surface area contributed by atoms with Crippen LogP contribution in [0, 0.1) is 5.92 Å². The minimum atomic E-state index is -1.01. The second kappa shape index (κ2) is 9.67. The van der Waals surface area contributed by atoms with E-state index in [2.05, 4.69) is 10.3 Å². The summed E-state index contributed by atoms with van der Waals surface area (Å²) < 4.78 is 0. The Morgan fingerprint density at radius 1 is 1.23 bits per heavy atom. The van der Waals surface area contributed by atoms with Crippen molar-refractivity contribution >= 4 is 29.1 Å². The van der Waals surface area contributed by atoms with Crippen LogP contribution in [0.4, 0.5) is 4.79 Å². The number of carboxylic acid groups (broad SMARTS) is 1. The summed E-state index contributed by atoms with van der Waals surface area (Å²) in [6.45, 7) is 0.291. The average molecular weight is 375 g/mol. The van der Waals surface area contributed by atoms with Gasteiger partial charge < -0.3 is 16.2 Å². The number of Topliss-reactive ketones (excluding diaryl/α,β-unsaturated/α-hetero) is 1. The molecular formula is C18H21N3O4S. The number of nitrogens with one attached hydrogen (secondary N) is 1. The summed E-state index contributed by atoms with van der Waals surface area (Å²) in [4.78, 5) is 38.6. The number of benzene rings is 1. The number of nitrogens with zero attached hydrogens (tertiary/aromatic N) is 1. The number of amides is 2. The van der Waals surface area contributed by atoms with Crippen molar-refractivity contribution in [3.05, 3.63) is 41.4 Å². The normalized spacial score (nSPS) is 11.7. The molecule has 2 amide bonds. The molecule has 1 heterocycles. The predicted molar refractivity (Wildman–Crippen MR) is 98.8 cm³/mol. The van der Waals surface area contributed by atoms with E-state index in [-0.39, 0.29) is 18.6 Å². The lowest BCUT2D eigenvalue weighted by Crippen LogP contribution is -2.30. The first kappa shape index (κ1) is 19.6. The van der Waals surface area contributed by atoms with Crippen molar-refractivity contribution in [2.45, 2.75) is 25.7 Å². The van der Waals surface area contributed by atoms with E-state index in [1.54, 1.807) is 0 Å². The van der Waals surface area contributed by atoms with Gasteiger partial charge in [0.15, 0.2) is 0 Å². The zero-order valence-electron chi connectivity index (χ0n) is 14.2. The third kappa shape index (κ3) is 6.29. The minimum Gasteiger partial charge on any atom is -0.481 e. The fraction of sp³-hybridized carbons (Fsp3) is 0.333. The molecular weight excluding hydrogens is 354 g/mol. The first-order valence-electron chi connectivity index (χ1n) is 8.23. The summed E-state index contributed by atoms with van der Waals surface area (Å²) >= 11 is 1.46. The zero-order valence-corrected chi connectivity index (χ0v) is 15.0. The topological polar surface area (TPSA) is 122 Å². The number of urea groups is 1. The molecule has 1 aromatic heterocycles. The van der Waals surface area contributed by atoms with E-state index in [1.807, 2.05) is 35.7 Å². The maximum Gasteiger partial charge on any atom is 0.312 e. The van der Waals surface area contributed by atoms with Crippen LogP contribution < -0.4 is 11.1 Å². The molecule has 0 radical (unpaired) electrons. The Kier molecular flexibility index (Phi) is 7.28. The number of aliphatic carboxylic acids is 1. The van der Waals surface area contributed by atoms with E-state index >= 15 is 0 Å². The number of aromatic nitrogens is 1. The molecule has 2 aromatic rings. The molecule has 0 aliphatic rings. The number of hydrogen-bond donors (Lipinski definition) is 3. The summed E-state index contributed by atoms with van der Waals surface area (Å²) in [5.74, 6) is -1.95. The number of carbonyl (C=O) groups is 3. The van der Waals surface area contributed by atoms with Gasteiger partial charge in [0, 0.05) is 30.3 Å². The van der Waals surface area contributed by atoms with Crippen LogP contribution in [-0.2, 0) is 16.0 Å². The number of primary amides is 1. The Labute approximate surface area is 155 Å². The molecule has 0 aliphatic carbocycles. The van der Waals surface area contributed by atoms with Gasteiger partial charge in [-0.3, -0.25) is 9.59 Å². The molecule has 0 unspecified atom stereocenters. The first-order valence-corrected chi connectivity index (χ1v) is 9.11. The molecule has 0 saturated carbocycles. The van der Waals surface area contributed by atoms with Crippen molar-refractivity contribution in [1.29, 1.82) is 0 Å². The number of thiazole rings is 1. The largest absolute Gasteiger partial charge is 0.481 e. The summed E-state index contributed by atoms with van der Waals surface area (Å²) in [5, 5.41) is 14.3. The lowest BCUT2D eigenvalue weighted by atomic mass is 9.95. The molecule has 0 bridgehead atoms. The maximum atomic E-state index is 12.2. The summed E-state index contributed by atoms with van der Waals surface area (Å²) in [6, 6.07) is 9.02. The summed E-state index contributed by atoms with van der Waals surface area (Å²) in [7, 11) is 0. The van der Waals surface area contributed by atoms with Crippen molar-refractivity contribution in [1.82, 2.24) is 10.3 Å². The standard InChI is InChI=1S/C18H21N3O4S/c19-18(25)20-8-4-7-13(17(23)24)9-15(22)10-14-11-26-16(21-14)12-5-2-1-3-6-12/h1-3,5-6,11,13H,4,7-10H2,(H,23,24)(H3,19,20,25)/t13-/m0/s1. The second-order valence-electron chi connectivity index (χ2n) is 5.90. The van der Waals surface area contributed by atoms with E-state index in [9.17, 15) is 19.5 Å². The molecule has 1 aromatic carbocycles. The highest BCUT2D eigenvalue weighted by molar-refractivity contribution is 7.13. The van der Waals surface area contributed by atoms with Crippen molar-refractivity contribution in [2.24, 2.45) is 11.7 Å². The Morgan fingerprint density at radius 2 is 1.96 bits per heavy atom. The van der Waals surface area contributed by atoms with Gasteiger partial charge in [-0.05, 0) is 12.8 Å². The summed E-state index contributed by atoms with van der Waals surface area (Å²) in [6.07, 6.45) is 0.812. The third-order valence-electron chi connectivity index (χ3n) is 3.80. The molecule has 0 saturated heterocycles. The monoisotopic (exact) mass is 375 g/mol. The minimum absolute atomic E-state index is 0.0515. The Balaban J connectivity index is 1.87. The van der Waals surface area contributed by atoms with Gasteiger partial charge in [0.2, 0.25) is 0 Å². The van der Waals surface area contributed by atoms with E-state index < -0.39 is 17.9 Å². The number of rotatable bonds is 10. The van der Waals surface area contributed by atoms with Crippen LogP contribution in [0.3, 0.4) is 0 Å². The highest BCUT2D eigenvalue weighted by Gasteiger charge is 2.21. The van der Waals surface area contributed by atoms with E-state index in [0.717, 1.165) is 10.6 Å². The number of ketones is 1.